The largest absolute Gasteiger partial charge is 0.326 e. The zero-order valence-electron chi connectivity index (χ0n) is 10.5. The number of nitrogens with two attached hydrogens (primary N) is 1. The summed E-state index contributed by atoms with van der Waals surface area (Å²) < 4.78 is 0.978. The number of carbonyl (C=O) groups is 1. The number of hydrogen-bond acceptors (Lipinski definition) is 3. The summed E-state index contributed by atoms with van der Waals surface area (Å²) in [6, 6.07) is 9.17. The fourth-order valence-electron chi connectivity index (χ4n) is 1.68. The molecule has 0 aliphatic carbocycles. The lowest BCUT2D eigenvalue weighted by Gasteiger charge is -2.08. The number of nitrogens with one attached hydrogen (secondary N) is 1. The number of amides is 1. The number of pyridine rings is 1. The molecule has 0 saturated carbocycles. The molecule has 0 saturated heterocycles. The van der Waals surface area contributed by atoms with Crippen molar-refractivity contribution in [2.75, 3.05) is 5.32 Å². The van der Waals surface area contributed by atoms with Crippen molar-refractivity contribution in [1.29, 1.82) is 0 Å². The molecular weight excluding hydrogens is 306 g/mol. The van der Waals surface area contributed by atoms with Crippen LogP contribution in [0.2, 0.25) is 0 Å². The van der Waals surface area contributed by atoms with E-state index in [2.05, 4.69) is 26.2 Å². The van der Waals surface area contributed by atoms with Gasteiger partial charge in [-0.25, -0.2) is 0 Å². The molecule has 1 heterocycles. The predicted octanol–water partition coefficient (Wildman–Crippen LogP) is 2.86. The van der Waals surface area contributed by atoms with Crippen LogP contribution < -0.4 is 11.1 Å². The van der Waals surface area contributed by atoms with Crippen LogP contribution in [0.3, 0.4) is 0 Å². The van der Waals surface area contributed by atoms with E-state index in [9.17, 15) is 4.79 Å². The topological polar surface area (TPSA) is 68.0 Å². The van der Waals surface area contributed by atoms with Crippen LogP contribution in [0.5, 0.6) is 0 Å². The van der Waals surface area contributed by atoms with E-state index < -0.39 is 0 Å². The first kappa shape index (κ1) is 13.7. The van der Waals surface area contributed by atoms with Crippen LogP contribution >= 0.6 is 15.9 Å². The maximum absolute atomic E-state index is 12.1. The molecule has 0 radical (unpaired) electrons. The second-order valence-corrected chi connectivity index (χ2v) is 5.08. The van der Waals surface area contributed by atoms with Crippen LogP contribution in [-0.4, -0.2) is 10.9 Å². The fourth-order valence-corrected chi connectivity index (χ4v) is 2.15. The highest BCUT2D eigenvalue weighted by molar-refractivity contribution is 9.10. The van der Waals surface area contributed by atoms with Crippen LogP contribution in [0, 0.1) is 6.92 Å². The Morgan fingerprint density at radius 2 is 2.16 bits per heavy atom. The molecule has 0 aliphatic rings. The van der Waals surface area contributed by atoms with Crippen molar-refractivity contribution in [3.8, 4) is 0 Å². The van der Waals surface area contributed by atoms with E-state index >= 15 is 0 Å². The highest BCUT2D eigenvalue weighted by Crippen LogP contribution is 2.20. The van der Waals surface area contributed by atoms with Crippen LogP contribution in [-0.2, 0) is 6.54 Å². The van der Waals surface area contributed by atoms with E-state index in [1.165, 1.54) is 0 Å². The number of benzene rings is 1. The predicted molar refractivity (Wildman–Crippen MR) is 79.0 cm³/mol. The van der Waals surface area contributed by atoms with Gasteiger partial charge in [-0.05, 0) is 48.4 Å². The third kappa shape index (κ3) is 3.39. The van der Waals surface area contributed by atoms with Gasteiger partial charge in [-0.1, -0.05) is 15.9 Å². The highest BCUT2D eigenvalue weighted by atomic mass is 79.9. The molecule has 0 atom stereocenters. The minimum absolute atomic E-state index is 0.235. The van der Waals surface area contributed by atoms with Gasteiger partial charge in [-0.2, -0.15) is 0 Å². The molecule has 1 aromatic heterocycles. The Balaban J connectivity index is 2.20. The summed E-state index contributed by atoms with van der Waals surface area (Å²) in [5.74, 6) is -0.235. The number of aryl methyl sites for hydroxylation is 1. The van der Waals surface area contributed by atoms with Crippen molar-refractivity contribution >= 4 is 27.5 Å². The molecule has 0 unspecified atom stereocenters. The first-order valence-corrected chi connectivity index (χ1v) is 6.62. The smallest absolute Gasteiger partial charge is 0.274 e. The Bertz CT molecular complexity index is 613. The molecule has 0 fully saturated rings. The molecule has 3 N–H and O–H groups in total. The van der Waals surface area contributed by atoms with Gasteiger partial charge >= 0.3 is 0 Å². The standard InChI is InChI=1S/C14H14BrN3O/c1-9-6-11(15)2-3-12(9)18-14(19)13-7-10(8-16)4-5-17-13/h2-7H,8,16H2,1H3,(H,18,19). The van der Waals surface area contributed by atoms with Crippen molar-refractivity contribution in [2.24, 2.45) is 5.73 Å². The zero-order chi connectivity index (χ0) is 13.8. The SMILES string of the molecule is Cc1cc(Br)ccc1NC(=O)c1cc(CN)ccn1. The van der Waals surface area contributed by atoms with E-state index in [1.807, 2.05) is 25.1 Å². The van der Waals surface area contributed by atoms with Crippen molar-refractivity contribution in [3.63, 3.8) is 0 Å². The van der Waals surface area contributed by atoms with Crippen LogP contribution in [0.4, 0.5) is 5.69 Å². The van der Waals surface area contributed by atoms with E-state index in [0.717, 1.165) is 21.3 Å². The monoisotopic (exact) mass is 319 g/mol. The summed E-state index contributed by atoms with van der Waals surface area (Å²) in [7, 11) is 0. The number of halogens is 1. The maximum Gasteiger partial charge on any atom is 0.274 e. The van der Waals surface area contributed by atoms with Crippen molar-refractivity contribution < 1.29 is 4.79 Å². The molecule has 2 rings (SSSR count). The second-order valence-electron chi connectivity index (χ2n) is 4.17. The van der Waals surface area contributed by atoms with Crippen molar-refractivity contribution in [2.45, 2.75) is 13.5 Å². The van der Waals surface area contributed by atoms with Gasteiger partial charge in [-0.15, -0.1) is 0 Å². The van der Waals surface area contributed by atoms with E-state index in [4.69, 9.17) is 5.73 Å². The van der Waals surface area contributed by atoms with Crippen molar-refractivity contribution in [3.05, 3.63) is 57.8 Å². The summed E-state index contributed by atoms with van der Waals surface area (Å²) in [4.78, 5) is 16.1. The molecule has 0 bridgehead atoms. The lowest BCUT2D eigenvalue weighted by molar-refractivity contribution is 0.102. The number of carbonyl (C=O) groups excluding carboxylic acids is 1. The number of rotatable bonds is 3. The molecule has 4 nitrogen and oxygen atoms in total. The highest BCUT2D eigenvalue weighted by Gasteiger charge is 2.09. The molecule has 2 aromatic rings. The Morgan fingerprint density at radius 3 is 2.84 bits per heavy atom. The second kappa shape index (κ2) is 5.95. The van der Waals surface area contributed by atoms with Gasteiger partial charge in [0.2, 0.25) is 0 Å². The molecule has 0 spiro atoms. The summed E-state index contributed by atoms with van der Waals surface area (Å²) in [6.45, 7) is 2.32. The average molecular weight is 320 g/mol. The van der Waals surface area contributed by atoms with E-state index in [1.54, 1.807) is 18.3 Å². The van der Waals surface area contributed by atoms with Gasteiger partial charge in [0.15, 0.2) is 0 Å². The molecule has 1 aromatic carbocycles. The minimum Gasteiger partial charge on any atom is -0.326 e. The fraction of sp³-hybridized carbons (Fsp3) is 0.143. The van der Waals surface area contributed by atoms with Crippen LogP contribution in [0.1, 0.15) is 21.6 Å². The van der Waals surface area contributed by atoms with Gasteiger partial charge in [0.1, 0.15) is 5.69 Å². The summed E-state index contributed by atoms with van der Waals surface area (Å²) in [5, 5.41) is 2.84. The Morgan fingerprint density at radius 1 is 1.37 bits per heavy atom. The lowest BCUT2D eigenvalue weighted by atomic mass is 10.2. The molecule has 0 aliphatic heterocycles. The minimum atomic E-state index is -0.235. The zero-order valence-corrected chi connectivity index (χ0v) is 12.1. The normalized spacial score (nSPS) is 10.3. The number of anilines is 1. The molecule has 98 valence electrons. The average Bonchev–Trinajstić information content (AvgIpc) is 2.42. The Labute approximate surface area is 120 Å². The van der Waals surface area contributed by atoms with Crippen molar-refractivity contribution in [1.82, 2.24) is 4.98 Å². The molecule has 5 heteroatoms. The van der Waals surface area contributed by atoms with Crippen LogP contribution in [0.15, 0.2) is 41.0 Å². The molecule has 19 heavy (non-hydrogen) atoms. The summed E-state index contributed by atoms with van der Waals surface area (Å²) in [6.07, 6.45) is 1.59. The molecule has 1 amide bonds. The summed E-state index contributed by atoms with van der Waals surface area (Å²) >= 11 is 3.39. The first-order chi connectivity index (χ1) is 9.10. The third-order valence-corrected chi connectivity index (χ3v) is 3.22. The van der Waals surface area contributed by atoms with Gasteiger partial charge in [0.25, 0.3) is 5.91 Å². The lowest BCUT2D eigenvalue weighted by Crippen LogP contribution is -2.15. The Kier molecular flexibility index (Phi) is 4.29. The van der Waals surface area contributed by atoms with Crippen LogP contribution in [0.25, 0.3) is 0 Å². The Hall–Kier alpha value is -1.72. The van der Waals surface area contributed by atoms with Gasteiger partial charge in [0, 0.05) is 22.9 Å². The van der Waals surface area contributed by atoms with E-state index in [-0.39, 0.29) is 5.91 Å². The van der Waals surface area contributed by atoms with Gasteiger partial charge < -0.3 is 11.1 Å². The third-order valence-electron chi connectivity index (χ3n) is 2.73. The van der Waals surface area contributed by atoms with Gasteiger partial charge in [0.05, 0.1) is 0 Å². The quantitative estimate of drug-likeness (QED) is 0.914. The molecular formula is C14H14BrN3O. The maximum atomic E-state index is 12.1. The summed E-state index contributed by atoms with van der Waals surface area (Å²) in [5.41, 5.74) is 8.55. The number of nitrogens with zero attached hydrogens (tertiary/aromatic N) is 1. The van der Waals surface area contributed by atoms with E-state index in [0.29, 0.717) is 12.2 Å². The first-order valence-electron chi connectivity index (χ1n) is 5.82. The number of hydrogen-bond donors (Lipinski definition) is 2. The van der Waals surface area contributed by atoms with Gasteiger partial charge in [-0.3, -0.25) is 9.78 Å². The number of aromatic nitrogens is 1.